The Balaban J connectivity index is 2.32. The lowest BCUT2D eigenvalue weighted by Gasteiger charge is -2.28. The van der Waals surface area contributed by atoms with Gasteiger partial charge in [-0.25, -0.2) is 0 Å². The third-order valence-corrected chi connectivity index (χ3v) is 3.05. The van der Waals surface area contributed by atoms with Crippen LogP contribution < -0.4 is 0 Å². The van der Waals surface area contributed by atoms with Crippen molar-refractivity contribution in [3.63, 3.8) is 0 Å². The minimum absolute atomic E-state index is 1.17. The molecule has 1 saturated heterocycles. The normalized spacial score (nSPS) is 22.5. The van der Waals surface area contributed by atoms with E-state index in [2.05, 4.69) is 36.8 Å². The van der Waals surface area contributed by atoms with E-state index in [1.54, 1.807) is 0 Å². The Morgan fingerprint density at radius 3 is 2.27 bits per heavy atom. The Kier molecular flexibility index (Phi) is 5.96. The van der Waals surface area contributed by atoms with Gasteiger partial charge in [-0.3, -0.25) is 4.90 Å². The van der Waals surface area contributed by atoms with Crippen molar-refractivity contribution in [1.82, 2.24) is 9.80 Å². The second-order valence-corrected chi connectivity index (χ2v) is 4.75. The number of hydrogen-bond donors (Lipinski definition) is 0. The van der Waals surface area contributed by atoms with Crippen molar-refractivity contribution < 1.29 is 0 Å². The first-order valence-corrected chi connectivity index (χ1v) is 6.29. The van der Waals surface area contributed by atoms with E-state index in [1.807, 2.05) is 0 Å². The van der Waals surface area contributed by atoms with E-state index < -0.39 is 0 Å². The van der Waals surface area contributed by atoms with Gasteiger partial charge in [-0.15, -0.1) is 0 Å². The lowest BCUT2D eigenvalue weighted by Crippen LogP contribution is -2.35. The van der Waals surface area contributed by atoms with Crippen LogP contribution in [0.3, 0.4) is 0 Å². The van der Waals surface area contributed by atoms with E-state index in [-0.39, 0.29) is 0 Å². The Hall–Kier alpha value is -0.340. The van der Waals surface area contributed by atoms with Gasteiger partial charge in [-0.1, -0.05) is 18.6 Å². The summed E-state index contributed by atoms with van der Waals surface area (Å²) in [6.45, 7) is 10.7. The van der Waals surface area contributed by atoms with E-state index in [1.165, 1.54) is 57.6 Å². The summed E-state index contributed by atoms with van der Waals surface area (Å²) in [6.07, 6.45) is 6.15. The molecule has 0 aromatic heterocycles. The molecule has 1 heterocycles. The molecule has 1 aliphatic rings. The highest BCUT2D eigenvalue weighted by molar-refractivity contribution is 5.00. The molecule has 0 saturated carbocycles. The molecule has 0 spiro atoms. The maximum absolute atomic E-state index is 2.61. The molecule has 0 aliphatic carbocycles. The number of rotatable bonds is 3. The van der Waals surface area contributed by atoms with Crippen molar-refractivity contribution in [3.05, 3.63) is 11.6 Å². The molecule has 1 rings (SSSR count). The van der Waals surface area contributed by atoms with Crippen molar-refractivity contribution in [2.24, 2.45) is 0 Å². The van der Waals surface area contributed by atoms with Gasteiger partial charge in [0, 0.05) is 6.54 Å². The minimum atomic E-state index is 1.17. The molecule has 2 nitrogen and oxygen atoms in total. The van der Waals surface area contributed by atoms with Crippen LogP contribution in [0.2, 0.25) is 0 Å². The molecule has 1 aliphatic heterocycles. The van der Waals surface area contributed by atoms with Crippen LogP contribution in [-0.2, 0) is 0 Å². The largest absolute Gasteiger partial charge is 0.306 e. The minimum Gasteiger partial charge on any atom is -0.306 e. The molecule has 0 aromatic carbocycles. The maximum Gasteiger partial charge on any atom is 0.0190 e. The first-order chi connectivity index (χ1) is 7.22. The van der Waals surface area contributed by atoms with Gasteiger partial charge in [-0.05, 0) is 59.4 Å². The van der Waals surface area contributed by atoms with Gasteiger partial charge in [0.15, 0.2) is 0 Å². The Labute approximate surface area is 94.9 Å². The summed E-state index contributed by atoms with van der Waals surface area (Å²) in [6, 6.07) is 0. The van der Waals surface area contributed by atoms with Crippen LogP contribution in [-0.4, -0.2) is 49.6 Å². The zero-order valence-electron chi connectivity index (χ0n) is 10.6. The molecule has 2 heteroatoms. The number of allylic oxidation sites excluding steroid dienone is 1. The van der Waals surface area contributed by atoms with Gasteiger partial charge in [-0.2, -0.15) is 0 Å². The summed E-state index contributed by atoms with van der Waals surface area (Å²) >= 11 is 0. The SMILES string of the molecule is CC/C=C(/C)CN1CCCN(C)CCC1. The molecule has 15 heavy (non-hydrogen) atoms. The molecule has 0 bridgehead atoms. The van der Waals surface area contributed by atoms with Crippen LogP contribution >= 0.6 is 0 Å². The topological polar surface area (TPSA) is 6.48 Å². The molecule has 1 fully saturated rings. The van der Waals surface area contributed by atoms with Crippen LogP contribution in [0, 0.1) is 0 Å². The molecular formula is C13H26N2. The first kappa shape index (κ1) is 12.7. The summed E-state index contributed by atoms with van der Waals surface area (Å²) in [7, 11) is 2.23. The third kappa shape index (κ3) is 5.33. The van der Waals surface area contributed by atoms with Crippen molar-refractivity contribution in [3.8, 4) is 0 Å². The lowest BCUT2D eigenvalue weighted by molar-refractivity contribution is 0.212. The molecule has 0 unspecified atom stereocenters. The third-order valence-electron chi connectivity index (χ3n) is 3.05. The summed E-state index contributed by atoms with van der Waals surface area (Å²) in [5.41, 5.74) is 1.53. The van der Waals surface area contributed by atoms with E-state index in [0.29, 0.717) is 0 Å². The van der Waals surface area contributed by atoms with Gasteiger partial charge < -0.3 is 4.90 Å². The van der Waals surface area contributed by atoms with Gasteiger partial charge in [0.1, 0.15) is 0 Å². The summed E-state index contributed by atoms with van der Waals surface area (Å²) in [5, 5.41) is 0. The second kappa shape index (κ2) is 7.02. The Bertz CT molecular complexity index is 189. The predicted octanol–water partition coefficient (Wildman–Crippen LogP) is 2.37. The van der Waals surface area contributed by atoms with E-state index in [0.717, 1.165) is 0 Å². The quantitative estimate of drug-likeness (QED) is 0.660. The average molecular weight is 210 g/mol. The van der Waals surface area contributed by atoms with Gasteiger partial charge in [0.2, 0.25) is 0 Å². The number of nitrogens with zero attached hydrogens (tertiary/aromatic N) is 2. The fourth-order valence-corrected chi connectivity index (χ4v) is 2.28. The average Bonchev–Trinajstić information content (AvgIpc) is 2.14. The molecule has 0 amide bonds. The van der Waals surface area contributed by atoms with Crippen molar-refractivity contribution >= 4 is 0 Å². The highest BCUT2D eigenvalue weighted by Gasteiger charge is 2.10. The predicted molar refractivity (Wildman–Crippen MR) is 67.2 cm³/mol. The Morgan fingerprint density at radius 2 is 1.73 bits per heavy atom. The molecule has 0 aromatic rings. The van der Waals surface area contributed by atoms with Crippen LogP contribution in [0.5, 0.6) is 0 Å². The maximum atomic E-state index is 2.61. The lowest BCUT2D eigenvalue weighted by atomic mass is 10.2. The van der Waals surface area contributed by atoms with E-state index >= 15 is 0 Å². The molecule has 0 radical (unpaired) electrons. The smallest absolute Gasteiger partial charge is 0.0190 e. The van der Waals surface area contributed by atoms with E-state index in [4.69, 9.17) is 0 Å². The van der Waals surface area contributed by atoms with E-state index in [9.17, 15) is 0 Å². The fourth-order valence-electron chi connectivity index (χ4n) is 2.28. The molecule has 0 N–H and O–H groups in total. The zero-order valence-corrected chi connectivity index (χ0v) is 10.6. The van der Waals surface area contributed by atoms with Crippen molar-refractivity contribution in [2.75, 3.05) is 39.8 Å². The van der Waals surface area contributed by atoms with Crippen molar-refractivity contribution in [1.29, 1.82) is 0 Å². The van der Waals surface area contributed by atoms with Crippen LogP contribution in [0.1, 0.15) is 33.1 Å². The summed E-state index contributed by atoms with van der Waals surface area (Å²) in [5.74, 6) is 0. The Morgan fingerprint density at radius 1 is 1.13 bits per heavy atom. The van der Waals surface area contributed by atoms with Gasteiger partial charge in [0.05, 0.1) is 0 Å². The zero-order chi connectivity index (χ0) is 11.1. The monoisotopic (exact) mass is 210 g/mol. The summed E-state index contributed by atoms with van der Waals surface area (Å²) < 4.78 is 0. The molecule has 88 valence electrons. The highest BCUT2D eigenvalue weighted by Crippen LogP contribution is 2.06. The van der Waals surface area contributed by atoms with Crippen LogP contribution in [0.4, 0.5) is 0 Å². The second-order valence-electron chi connectivity index (χ2n) is 4.75. The van der Waals surface area contributed by atoms with Gasteiger partial charge in [0.25, 0.3) is 0 Å². The standard InChI is InChI=1S/C13H26N2/c1-4-7-13(2)12-15-10-5-8-14(3)9-6-11-15/h7H,4-6,8-12H2,1-3H3/b13-7-. The molecular weight excluding hydrogens is 184 g/mol. The molecule has 0 atom stereocenters. The van der Waals surface area contributed by atoms with Gasteiger partial charge >= 0.3 is 0 Å². The number of hydrogen-bond acceptors (Lipinski definition) is 2. The van der Waals surface area contributed by atoms with Crippen molar-refractivity contribution in [2.45, 2.75) is 33.1 Å². The highest BCUT2D eigenvalue weighted by atomic mass is 15.2. The van der Waals surface area contributed by atoms with Crippen LogP contribution in [0.15, 0.2) is 11.6 Å². The summed E-state index contributed by atoms with van der Waals surface area (Å²) in [4.78, 5) is 5.06. The van der Waals surface area contributed by atoms with Crippen LogP contribution in [0.25, 0.3) is 0 Å². The first-order valence-electron chi connectivity index (χ1n) is 6.29. The fraction of sp³-hybridized carbons (Fsp3) is 0.846.